The van der Waals surface area contributed by atoms with Crippen LogP contribution in [0.4, 0.5) is 4.79 Å². The molecular formula is C17H18N4O3. The van der Waals surface area contributed by atoms with E-state index in [2.05, 4.69) is 21.2 Å². The molecule has 0 aliphatic carbocycles. The number of aliphatic imine (C=N–C) groups is 1. The second-order valence-corrected chi connectivity index (χ2v) is 6.07. The second kappa shape index (κ2) is 6.07. The zero-order valence-corrected chi connectivity index (χ0v) is 13.4. The highest BCUT2D eigenvalue weighted by molar-refractivity contribution is 5.85. The molecule has 4 rings (SSSR count). The van der Waals surface area contributed by atoms with Gasteiger partial charge in [0, 0.05) is 30.8 Å². The molecule has 0 bridgehead atoms. The number of hydrogen-bond acceptors (Lipinski definition) is 6. The minimum Gasteiger partial charge on any atom is -0.453 e. The van der Waals surface area contributed by atoms with Crippen molar-refractivity contribution in [2.24, 2.45) is 4.99 Å². The van der Waals surface area contributed by atoms with Crippen LogP contribution >= 0.6 is 0 Å². The van der Waals surface area contributed by atoms with Crippen LogP contribution in [0.25, 0.3) is 11.4 Å². The molecule has 24 heavy (non-hydrogen) atoms. The number of benzene rings is 1. The maximum atomic E-state index is 11.5. The summed E-state index contributed by atoms with van der Waals surface area (Å²) in [6, 6.07) is 6.09. The van der Waals surface area contributed by atoms with Gasteiger partial charge in [0.25, 0.3) is 0 Å². The Hall–Kier alpha value is -2.70. The van der Waals surface area contributed by atoms with Gasteiger partial charge in [0.15, 0.2) is 0 Å². The van der Waals surface area contributed by atoms with Crippen molar-refractivity contribution < 1.29 is 14.1 Å². The van der Waals surface area contributed by atoms with Gasteiger partial charge < -0.3 is 14.2 Å². The van der Waals surface area contributed by atoms with Crippen molar-refractivity contribution in [2.75, 3.05) is 20.2 Å². The van der Waals surface area contributed by atoms with Gasteiger partial charge in [-0.15, -0.1) is 0 Å². The number of rotatable bonds is 2. The van der Waals surface area contributed by atoms with Gasteiger partial charge >= 0.3 is 6.09 Å². The monoisotopic (exact) mass is 326 g/mol. The minimum atomic E-state index is -0.278. The van der Waals surface area contributed by atoms with Crippen molar-refractivity contribution in [1.29, 1.82) is 0 Å². The number of hydrogen-bond donors (Lipinski definition) is 0. The van der Waals surface area contributed by atoms with Gasteiger partial charge in [-0.1, -0.05) is 17.3 Å². The standard InChI is InChI=1S/C17H18N4O3/c1-23-17(22)21-6-4-11(5-7-21)16-19-15(20-24-16)12-2-3-13-9-18-10-14(13)8-12/h2-3,8-9,11H,4-7,10H2,1H3. The van der Waals surface area contributed by atoms with Crippen molar-refractivity contribution >= 4 is 12.3 Å². The van der Waals surface area contributed by atoms with E-state index < -0.39 is 0 Å². The van der Waals surface area contributed by atoms with E-state index in [0.717, 1.165) is 24.0 Å². The number of carbonyl (C=O) groups is 1. The van der Waals surface area contributed by atoms with E-state index in [1.165, 1.54) is 12.7 Å². The molecule has 124 valence electrons. The van der Waals surface area contributed by atoms with Gasteiger partial charge in [-0.25, -0.2) is 4.79 Å². The number of methoxy groups -OCH3 is 1. The van der Waals surface area contributed by atoms with Gasteiger partial charge in [-0.3, -0.25) is 4.99 Å². The molecule has 1 aromatic carbocycles. The van der Waals surface area contributed by atoms with E-state index in [1.807, 2.05) is 18.3 Å². The predicted octanol–water partition coefficient (Wildman–Crippen LogP) is 2.61. The average Bonchev–Trinajstić information content (AvgIpc) is 3.29. The highest BCUT2D eigenvalue weighted by Crippen LogP contribution is 2.29. The summed E-state index contributed by atoms with van der Waals surface area (Å²) in [5.41, 5.74) is 3.28. The topological polar surface area (TPSA) is 80.8 Å². The maximum absolute atomic E-state index is 11.5. The zero-order chi connectivity index (χ0) is 16.5. The van der Waals surface area contributed by atoms with Crippen LogP contribution in [-0.2, 0) is 11.3 Å². The highest BCUT2D eigenvalue weighted by atomic mass is 16.5. The normalized spacial score (nSPS) is 17.1. The Kier molecular flexibility index (Phi) is 3.76. The summed E-state index contributed by atoms with van der Waals surface area (Å²) >= 11 is 0. The average molecular weight is 326 g/mol. The molecule has 2 aliphatic rings. The Balaban J connectivity index is 1.47. The molecule has 1 fully saturated rings. The first kappa shape index (κ1) is 14.9. The summed E-state index contributed by atoms with van der Waals surface area (Å²) in [4.78, 5) is 22.1. The summed E-state index contributed by atoms with van der Waals surface area (Å²) in [7, 11) is 1.40. The number of ether oxygens (including phenoxy) is 1. The lowest BCUT2D eigenvalue weighted by Gasteiger charge is -2.28. The van der Waals surface area contributed by atoms with E-state index in [9.17, 15) is 4.79 Å². The van der Waals surface area contributed by atoms with Crippen LogP contribution in [0.2, 0.25) is 0 Å². The Morgan fingerprint density at radius 3 is 2.96 bits per heavy atom. The van der Waals surface area contributed by atoms with Crippen molar-refractivity contribution in [3.05, 3.63) is 35.2 Å². The fourth-order valence-corrected chi connectivity index (χ4v) is 3.21. The van der Waals surface area contributed by atoms with Crippen LogP contribution in [0.15, 0.2) is 27.7 Å². The Labute approximate surface area is 139 Å². The molecule has 0 N–H and O–H groups in total. The third kappa shape index (κ3) is 2.66. The first-order chi connectivity index (χ1) is 11.7. The van der Waals surface area contributed by atoms with Crippen molar-refractivity contribution in [3.63, 3.8) is 0 Å². The molecule has 3 heterocycles. The Morgan fingerprint density at radius 1 is 1.33 bits per heavy atom. The number of amides is 1. The molecule has 0 atom stereocenters. The largest absolute Gasteiger partial charge is 0.453 e. The van der Waals surface area contributed by atoms with Crippen LogP contribution in [0.1, 0.15) is 35.8 Å². The van der Waals surface area contributed by atoms with E-state index in [1.54, 1.807) is 4.90 Å². The number of carbonyl (C=O) groups excluding carboxylic acids is 1. The SMILES string of the molecule is COC(=O)N1CCC(c2nc(-c3ccc4c(c3)CN=C4)no2)CC1. The summed E-state index contributed by atoms with van der Waals surface area (Å²) in [5.74, 6) is 1.44. The number of aromatic nitrogens is 2. The molecule has 7 heteroatoms. The second-order valence-electron chi connectivity index (χ2n) is 6.07. The number of piperidine rings is 1. The van der Waals surface area contributed by atoms with Gasteiger partial charge in [0.05, 0.1) is 13.7 Å². The molecule has 0 spiro atoms. The fourth-order valence-electron chi connectivity index (χ4n) is 3.21. The first-order valence-electron chi connectivity index (χ1n) is 8.04. The molecular weight excluding hydrogens is 308 g/mol. The number of fused-ring (bicyclic) bond motifs is 1. The molecule has 1 saturated heterocycles. The molecule has 0 radical (unpaired) electrons. The summed E-state index contributed by atoms with van der Waals surface area (Å²) < 4.78 is 10.2. The van der Waals surface area contributed by atoms with Gasteiger partial charge in [-0.05, 0) is 30.0 Å². The van der Waals surface area contributed by atoms with Gasteiger partial charge in [0.1, 0.15) is 0 Å². The molecule has 0 unspecified atom stereocenters. The van der Waals surface area contributed by atoms with Crippen molar-refractivity contribution in [2.45, 2.75) is 25.3 Å². The molecule has 2 aliphatic heterocycles. The fraction of sp³-hybridized carbons (Fsp3) is 0.412. The zero-order valence-electron chi connectivity index (χ0n) is 13.4. The van der Waals surface area contributed by atoms with Gasteiger partial charge in [0.2, 0.25) is 11.7 Å². The summed E-state index contributed by atoms with van der Waals surface area (Å²) in [6.45, 7) is 2.00. The molecule has 0 saturated carbocycles. The third-order valence-electron chi connectivity index (χ3n) is 4.61. The smallest absolute Gasteiger partial charge is 0.409 e. The molecule has 2 aromatic rings. The van der Waals surface area contributed by atoms with E-state index in [0.29, 0.717) is 31.3 Å². The number of likely N-dealkylation sites (tertiary alicyclic amines) is 1. The first-order valence-corrected chi connectivity index (χ1v) is 8.04. The van der Waals surface area contributed by atoms with Crippen LogP contribution in [-0.4, -0.2) is 47.5 Å². The van der Waals surface area contributed by atoms with Gasteiger partial charge in [-0.2, -0.15) is 4.98 Å². The Morgan fingerprint density at radius 2 is 2.17 bits per heavy atom. The highest BCUT2D eigenvalue weighted by Gasteiger charge is 2.28. The van der Waals surface area contributed by atoms with E-state index in [-0.39, 0.29) is 12.0 Å². The number of nitrogens with zero attached hydrogens (tertiary/aromatic N) is 4. The van der Waals surface area contributed by atoms with Crippen molar-refractivity contribution in [1.82, 2.24) is 15.0 Å². The van der Waals surface area contributed by atoms with Crippen LogP contribution < -0.4 is 0 Å². The third-order valence-corrected chi connectivity index (χ3v) is 4.61. The maximum Gasteiger partial charge on any atom is 0.409 e. The molecule has 7 nitrogen and oxygen atoms in total. The lowest BCUT2D eigenvalue weighted by atomic mass is 9.97. The lowest BCUT2D eigenvalue weighted by molar-refractivity contribution is 0.109. The van der Waals surface area contributed by atoms with Crippen molar-refractivity contribution in [3.8, 4) is 11.4 Å². The van der Waals surface area contributed by atoms with Crippen LogP contribution in [0.3, 0.4) is 0 Å². The van der Waals surface area contributed by atoms with E-state index in [4.69, 9.17) is 9.26 Å². The van der Waals surface area contributed by atoms with Crippen LogP contribution in [0, 0.1) is 0 Å². The lowest BCUT2D eigenvalue weighted by Crippen LogP contribution is -2.37. The summed E-state index contributed by atoms with van der Waals surface area (Å²) in [5, 5.41) is 4.13. The van der Waals surface area contributed by atoms with E-state index >= 15 is 0 Å². The molecule has 1 amide bonds. The predicted molar refractivity (Wildman–Crippen MR) is 87.0 cm³/mol. The minimum absolute atomic E-state index is 0.185. The quantitative estimate of drug-likeness (QED) is 0.847. The molecule has 1 aromatic heterocycles. The van der Waals surface area contributed by atoms with Crippen LogP contribution in [0.5, 0.6) is 0 Å². The summed E-state index contributed by atoms with van der Waals surface area (Å²) in [6.07, 6.45) is 3.21. The Bertz CT molecular complexity index is 791.